The predicted molar refractivity (Wildman–Crippen MR) is 143 cm³/mol. The normalized spacial score (nSPS) is 15.1. The van der Waals surface area contributed by atoms with E-state index in [1.165, 1.54) is 26.2 Å². The third-order valence-corrected chi connectivity index (χ3v) is 8.44. The van der Waals surface area contributed by atoms with Crippen LogP contribution < -0.4 is 18.9 Å². The zero-order valence-electron chi connectivity index (χ0n) is 22.1. The molecule has 1 amide bonds. The molecule has 0 bridgehead atoms. The van der Waals surface area contributed by atoms with Gasteiger partial charge >= 0.3 is 0 Å². The Hall–Kier alpha value is -3.76. The Morgan fingerprint density at radius 3 is 2.11 bits per heavy atom. The molecule has 0 aromatic heterocycles. The average Bonchev–Trinajstić information content (AvgIpc) is 2.94. The minimum Gasteiger partial charge on any atom is -0.493 e. The first-order valence-electron chi connectivity index (χ1n) is 12.1. The Bertz CT molecular complexity index is 1410. The first-order valence-corrected chi connectivity index (χ1v) is 13.5. The number of para-hydroxylation sites is 2. The standard InChI is InChI=1S/C28H32N2O7S/c1-29(2)38(32,33)21-12-10-19(11-13-21)28(31)30-15-14-20-16-26(35-4)27(36-5)17-22(20)23(30)18-37-25-9-7-6-8-24(25)34-3/h6-13,16-17,23H,14-15,18H2,1-5H3/t23-/m0/s1. The van der Waals surface area contributed by atoms with Gasteiger partial charge in [0.05, 0.1) is 32.3 Å². The van der Waals surface area contributed by atoms with Gasteiger partial charge in [-0.15, -0.1) is 0 Å². The van der Waals surface area contributed by atoms with Crippen molar-refractivity contribution in [2.45, 2.75) is 17.4 Å². The number of rotatable bonds is 9. The average molecular weight is 541 g/mol. The number of nitrogens with zero attached hydrogens (tertiary/aromatic N) is 2. The summed E-state index contributed by atoms with van der Waals surface area (Å²) in [5.41, 5.74) is 2.31. The topological polar surface area (TPSA) is 94.6 Å². The second-order valence-corrected chi connectivity index (χ2v) is 11.1. The van der Waals surface area contributed by atoms with Crippen LogP contribution in [0.5, 0.6) is 23.0 Å². The van der Waals surface area contributed by atoms with Crippen molar-refractivity contribution in [2.24, 2.45) is 0 Å². The zero-order chi connectivity index (χ0) is 27.4. The summed E-state index contributed by atoms with van der Waals surface area (Å²) in [7, 11) is 4.06. The van der Waals surface area contributed by atoms with E-state index in [1.807, 2.05) is 36.4 Å². The summed E-state index contributed by atoms with van der Waals surface area (Å²) in [6.07, 6.45) is 0.611. The van der Waals surface area contributed by atoms with Crippen molar-refractivity contribution in [3.05, 3.63) is 77.4 Å². The summed E-state index contributed by atoms with van der Waals surface area (Å²) in [4.78, 5) is 15.6. The molecule has 0 saturated carbocycles. The van der Waals surface area contributed by atoms with Crippen molar-refractivity contribution < 1.29 is 32.2 Å². The first-order chi connectivity index (χ1) is 18.2. The van der Waals surface area contributed by atoms with E-state index in [4.69, 9.17) is 18.9 Å². The molecule has 9 nitrogen and oxygen atoms in total. The summed E-state index contributed by atoms with van der Waals surface area (Å²) >= 11 is 0. The predicted octanol–water partition coefficient (Wildman–Crippen LogP) is 3.78. The van der Waals surface area contributed by atoms with Gasteiger partial charge in [-0.3, -0.25) is 4.79 Å². The number of fused-ring (bicyclic) bond motifs is 1. The lowest BCUT2D eigenvalue weighted by Gasteiger charge is -2.37. The number of carbonyl (C=O) groups is 1. The Balaban J connectivity index is 1.70. The molecule has 1 heterocycles. The molecule has 0 aliphatic carbocycles. The van der Waals surface area contributed by atoms with Crippen LogP contribution in [-0.2, 0) is 16.4 Å². The number of hydrogen-bond acceptors (Lipinski definition) is 7. The molecule has 0 N–H and O–H groups in total. The molecule has 1 aliphatic rings. The molecule has 0 unspecified atom stereocenters. The van der Waals surface area contributed by atoms with E-state index in [1.54, 1.807) is 38.4 Å². The van der Waals surface area contributed by atoms with Crippen LogP contribution in [0, 0.1) is 0 Å². The number of carbonyl (C=O) groups excluding carboxylic acids is 1. The van der Waals surface area contributed by atoms with Gasteiger partial charge in [0, 0.05) is 26.2 Å². The monoisotopic (exact) mass is 540 g/mol. The highest BCUT2D eigenvalue weighted by Gasteiger charge is 2.34. The first kappa shape index (κ1) is 27.3. The SMILES string of the molecule is COc1cc2c(cc1OC)[C@H](COc1ccccc1OC)N(C(=O)c1ccc(S(=O)(=O)N(C)C)cc1)CC2. The summed E-state index contributed by atoms with van der Waals surface area (Å²) < 4.78 is 48.7. The van der Waals surface area contributed by atoms with E-state index in [2.05, 4.69) is 0 Å². The van der Waals surface area contributed by atoms with Gasteiger partial charge in [-0.05, 0) is 66.1 Å². The number of amides is 1. The van der Waals surface area contributed by atoms with Gasteiger partial charge in [-0.1, -0.05) is 12.1 Å². The smallest absolute Gasteiger partial charge is 0.254 e. The molecule has 0 fully saturated rings. The summed E-state index contributed by atoms with van der Waals surface area (Å²) in [5.74, 6) is 2.10. The second-order valence-electron chi connectivity index (χ2n) is 8.94. The molecule has 0 saturated heterocycles. The molecule has 202 valence electrons. The molecule has 1 aliphatic heterocycles. The van der Waals surface area contributed by atoms with Crippen LogP contribution in [0.1, 0.15) is 27.5 Å². The maximum Gasteiger partial charge on any atom is 0.254 e. The number of hydrogen-bond donors (Lipinski definition) is 0. The number of methoxy groups -OCH3 is 3. The van der Waals surface area contributed by atoms with E-state index in [9.17, 15) is 13.2 Å². The Labute approximate surface area is 223 Å². The molecule has 3 aromatic rings. The molecular formula is C28H32N2O7S. The summed E-state index contributed by atoms with van der Waals surface area (Å²) in [6, 6.07) is 16.7. The zero-order valence-corrected chi connectivity index (χ0v) is 22.9. The Morgan fingerprint density at radius 2 is 1.50 bits per heavy atom. The lowest BCUT2D eigenvalue weighted by atomic mass is 9.91. The van der Waals surface area contributed by atoms with Crippen LogP contribution in [0.25, 0.3) is 0 Å². The molecule has 10 heteroatoms. The van der Waals surface area contributed by atoms with Gasteiger partial charge in [0.1, 0.15) is 6.61 Å². The molecule has 0 radical (unpaired) electrons. The fourth-order valence-electron chi connectivity index (χ4n) is 4.50. The molecule has 4 rings (SSSR count). The van der Waals surface area contributed by atoms with Crippen LogP contribution >= 0.6 is 0 Å². The largest absolute Gasteiger partial charge is 0.493 e. The van der Waals surface area contributed by atoms with Crippen molar-refractivity contribution in [1.29, 1.82) is 0 Å². The third kappa shape index (κ3) is 5.27. The van der Waals surface area contributed by atoms with Crippen LogP contribution in [0.2, 0.25) is 0 Å². The van der Waals surface area contributed by atoms with Gasteiger partial charge in [0.25, 0.3) is 5.91 Å². The van der Waals surface area contributed by atoms with Crippen LogP contribution in [0.3, 0.4) is 0 Å². The lowest BCUT2D eigenvalue weighted by Crippen LogP contribution is -2.42. The van der Waals surface area contributed by atoms with E-state index in [0.29, 0.717) is 41.5 Å². The highest BCUT2D eigenvalue weighted by Crippen LogP contribution is 2.39. The molecule has 0 spiro atoms. The van der Waals surface area contributed by atoms with Crippen LogP contribution in [0.15, 0.2) is 65.6 Å². The fraction of sp³-hybridized carbons (Fsp3) is 0.321. The van der Waals surface area contributed by atoms with Crippen molar-refractivity contribution in [3.8, 4) is 23.0 Å². The molecular weight excluding hydrogens is 508 g/mol. The van der Waals surface area contributed by atoms with E-state index >= 15 is 0 Å². The van der Waals surface area contributed by atoms with E-state index in [0.717, 1.165) is 15.4 Å². The van der Waals surface area contributed by atoms with Crippen LogP contribution in [0.4, 0.5) is 0 Å². The fourth-order valence-corrected chi connectivity index (χ4v) is 5.41. The van der Waals surface area contributed by atoms with E-state index < -0.39 is 16.1 Å². The Morgan fingerprint density at radius 1 is 0.895 bits per heavy atom. The van der Waals surface area contributed by atoms with E-state index in [-0.39, 0.29) is 17.4 Å². The van der Waals surface area contributed by atoms with Gasteiger partial charge in [0.2, 0.25) is 10.0 Å². The molecule has 1 atom stereocenters. The number of sulfonamides is 1. The van der Waals surface area contributed by atoms with Gasteiger partial charge in [-0.25, -0.2) is 12.7 Å². The quantitative estimate of drug-likeness (QED) is 0.408. The summed E-state index contributed by atoms with van der Waals surface area (Å²) in [6.45, 7) is 0.612. The highest BCUT2D eigenvalue weighted by molar-refractivity contribution is 7.89. The van der Waals surface area contributed by atoms with Crippen molar-refractivity contribution in [1.82, 2.24) is 9.21 Å². The lowest BCUT2D eigenvalue weighted by molar-refractivity contribution is 0.0587. The van der Waals surface area contributed by atoms with Gasteiger partial charge < -0.3 is 23.8 Å². The van der Waals surface area contributed by atoms with Crippen molar-refractivity contribution in [3.63, 3.8) is 0 Å². The minimum absolute atomic E-state index is 0.121. The van der Waals surface area contributed by atoms with Crippen LogP contribution in [-0.4, -0.2) is 72.1 Å². The maximum absolute atomic E-state index is 13.8. The summed E-state index contributed by atoms with van der Waals surface area (Å²) in [5, 5.41) is 0. The van der Waals surface area contributed by atoms with Crippen molar-refractivity contribution in [2.75, 3.05) is 48.6 Å². The maximum atomic E-state index is 13.8. The molecule has 38 heavy (non-hydrogen) atoms. The molecule has 3 aromatic carbocycles. The minimum atomic E-state index is -3.60. The highest BCUT2D eigenvalue weighted by atomic mass is 32.2. The van der Waals surface area contributed by atoms with Gasteiger partial charge in [0.15, 0.2) is 23.0 Å². The Kier molecular flexibility index (Phi) is 8.13. The number of ether oxygens (including phenoxy) is 4. The second kappa shape index (κ2) is 11.3. The number of benzene rings is 3. The third-order valence-electron chi connectivity index (χ3n) is 6.61. The van der Waals surface area contributed by atoms with Gasteiger partial charge in [-0.2, -0.15) is 0 Å². The van der Waals surface area contributed by atoms with Crippen molar-refractivity contribution >= 4 is 15.9 Å².